The SMILES string of the molecule is CC(C)(C)OC(=O)c1cc(Br)cc(C2=CC(c3ccccn3)ON2)c1. The predicted octanol–water partition coefficient (Wildman–Crippen LogP) is 4.42. The molecule has 0 fully saturated rings. The molecule has 6 heteroatoms. The highest BCUT2D eigenvalue weighted by Gasteiger charge is 2.23. The lowest BCUT2D eigenvalue weighted by molar-refractivity contribution is 0.00693. The van der Waals surface area contributed by atoms with Crippen LogP contribution in [0.3, 0.4) is 0 Å². The van der Waals surface area contributed by atoms with Gasteiger partial charge in [-0.25, -0.2) is 4.79 Å². The van der Waals surface area contributed by atoms with Gasteiger partial charge in [-0.1, -0.05) is 22.0 Å². The average molecular weight is 403 g/mol. The van der Waals surface area contributed by atoms with E-state index >= 15 is 0 Å². The van der Waals surface area contributed by atoms with E-state index in [2.05, 4.69) is 26.4 Å². The van der Waals surface area contributed by atoms with E-state index in [1.54, 1.807) is 18.3 Å². The van der Waals surface area contributed by atoms with E-state index in [0.29, 0.717) is 5.56 Å². The molecular formula is C19H19BrN2O3. The molecule has 0 amide bonds. The van der Waals surface area contributed by atoms with Gasteiger partial charge >= 0.3 is 5.97 Å². The lowest BCUT2D eigenvalue weighted by Gasteiger charge is -2.19. The van der Waals surface area contributed by atoms with Crippen molar-refractivity contribution in [1.29, 1.82) is 0 Å². The fourth-order valence-corrected chi connectivity index (χ4v) is 2.88. The number of halogens is 1. The van der Waals surface area contributed by atoms with Crippen LogP contribution in [0.15, 0.2) is 53.1 Å². The smallest absolute Gasteiger partial charge is 0.338 e. The van der Waals surface area contributed by atoms with Crippen LogP contribution in [-0.2, 0) is 9.57 Å². The maximum atomic E-state index is 12.3. The van der Waals surface area contributed by atoms with Gasteiger partial charge in [-0.15, -0.1) is 0 Å². The fourth-order valence-electron chi connectivity index (χ4n) is 2.39. The van der Waals surface area contributed by atoms with E-state index in [4.69, 9.17) is 9.57 Å². The first kappa shape index (κ1) is 17.6. The van der Waals surface area contributed by atoms with E-state index < -0.39 is 5.60 Å². The standard InChI is InChI=1S/C19H19BrN2O3/c1-19(2,3)24-18(23)13-8-12(9-14(20)10-13)16-11-17(25-22-16)15-6-4-5-7-21-15/h4-11,17,22H,1-3H3. The van der Waals surface area contributed by atoms with Crippen LogP contribution >= 0.6 is 15.9 Å². The summed E-state index contributed by atoms with van der Waals surface area (Å²) < 4.78 is 6.23. The molecule has 5 nitrogen and oxygen atoms in total. The van der Waals surface area contributed by atoms with Gasteiger partial charge in [0.25, 0.3) is 0 Å². The Morgan fingerprint density at radius 3 is 2.76 bits per heavy atom. The Morgan fingerprint density at radius 2 is 2.08 bits per heavy atom. The molecule has 1 aliphatic heterocycles. The Bertz CT molecular complexity index is 813. The Kier molecular flexibility index (Phi) is 4.92. The van der Waals surface area contributed by atoms with Crippen molar-refractivity contribution in [2.45, 2.75) is 32.5 Å². The van der Waals surface area contributed by atoms with Gasteiger partial charge in [0.1, 0.15) is 11.7 Å². The summed E-state index contributed by atoms with van der Waals surface area (Å²) in [6, 6.07) is 11.1. The number of esters is 1. The molecule has 0 aliphatic carbocycles. The average Bonchev–Trinajstić information content (AvgIpc) is 3.03. The number of aromatic nitrogens is 1. The molecule has 1 aliphatic rings. The molecule has 1 atom stereocenters. The first-order valence-corrected chi connectivity index (χ1v) is 8.70. The minimum Gasteiger partial charge on any atom is -0.456 e. The number of hydrogen-bond acceptors (Lipinski definition) is 5. The van der Waals surface area contributed by atoms with Crippen LogP contribution < -0.4 is 5.48 Å². The van der Waals surface area contributed by atoms with Gasteiger partial charge in [-0.2, -0.15) is 0 Å². The quantitative estimate of drug-likeness (QED) is 0.770. The van der Waals surface area contributed by atoms with Crippen LogP contribution in [-0.4, -0.2) is 16.6 Å². The highest BCUT2D eigenvalue weighted by atomic mass is 79.9. The van der Waals surface area contributed by atoms with Crippen molar-refractivity contribution < 1.29 is 14.4 Å². The minimum atomic E-state index is -0.544. The van der Waals surface area contributed by atoms with E-state index in [1.807, 2.05) is 51.1 Å². The lowest BCUT2D eigenvalue weighted by atomic mass is 10.1. The largest absolute Gasteiger partial charge is 0.456 e. The zero-order valence-electron chi connectivity index (χ0n) is 14.2. The third-order valence-corrected chi connectivity index (χ3v) is 3.89. The normalized spacial score (nSPS) is 17.0. The minimum absolute atomic E-state index is 0.278. The number of carbonyl (C=O) groups excluding carboxylic acids is 1. The molecule has 25 heavy (non-hydrogen) atoms. The molecule has 0 spiro atoms. The van der Waals surface area contributed by atoms with Crippen molar-refractivity contribution in [1.82, 2.24) is 10.5 Å². The number of benzene rings is 1. The maximum Gasteiger partial charge on any atom is 0.338 e. The van der Waals surface area contributed by atoms with Gasteiger partial charge in [0.15, 0.2) is 0 Å². The van der Waals surface area contributed by atoms with Gasteiger partial charge in [0.05, 0.1) is 17.0 Å². The Labute approximate surface area is 155 Å². The monoisotopic (exact) mass is 402 g/mol. The Morgan fingerprint density at radius 1 is 1.28 bits per heavy atom. The number of pyridine rings is 1. The fraction of sp³-hybridized carbons (Fsp3) is 0.263. The summed E-state index contributed by atoms with van der Waals surface area (Å²) in [5.41, 5.74) is 5.26. The number of nitrogens with zero attached hydrogens (tertiary/aromatic N) is 1. The summed E-state index contributed by atoms with van der Waals surface area (Å²) in [6.45, 7) is 5.53. The van der Waals surface area contributed by atoms with Crippen LogP contribution in [0.4, 0.5) is 0 Å². The van der Waals surface area contributed by atoms with E-state index in [-0.39, 0.29) is 12.1 Å². The molecular weight excluding hydrogens is 384 g/mol. The van der Waals surface area contributed by atoms with Crippen LogP contribution in [0.5, 0.6) is 0 Å². The van der Waals surface area contributed by atoms with Gasteiger partial charge in [0, 0.05) is 16.2 Å². The predicted molar refractivity (Wildman–Crippen MR) is 98.5 cm³/mol. The number of rotatable bonds is 3. The van der Waals surface area contributed by atoms with Gasteiger partial charge in [-0.3, -0.25) is 15.3 Å². The van der Waals surface area contributed by atoms with Crippen molar-refractivity contribution in [3.63, 3.8) is 0 Å². The van der Waals surface area contributed by atoms with Crippen molar-refractivity contribution in [3.05, 3.63) is 70.0 Å². The summed E-state index contributed by atoms with van der Waals surface area (Å²) in [5.74, 6) is -0.365. The second-order valence-corrected chi connectivity index (χ2v) is 7.62. The molecule has 1 N–H and O–H groups in total. The van der Waals surface area contributed by atoms with E-state index in [0.717, 1.165) is 21.4 Å². The third kappa shape index (κ3) is 4.46. The van der Waals surface area contributed by atoms with Crippen molar-refractivity contribution in [3.8, 4) is 0 Å². The molecule has 130 valence electrons. The lowest BCUT2D eigenvalue weighted by Crippen LogP contribution is -2.24. The summed E-state index contributed by atoms with van der Waals surface area (Å²) >= 11 is 3.45. The van der Waals surface area contributed by atoms with Gasteiger partial charge < -0.3 is 4.74 Å². The van der Waals surface area contributed by atoms with Crippen molar-refractivity contribution >= 4 is 27.6 Å². The van der Waals surface area contributed by atoms with Gasteiger partial charge in [-0.05, 0) is 57.2 Å². The molecule has 3 rings (SSSR count). The number of hydroxylamine groups is 1. The zero-order valence-corrected chi connectivity index (χ0v) is 15.8. The number of hydrogen-bond donors (Lipinski definition) is 1. The molecule has 0 bridgehead atoms. The Balaban J connectivity index is 1.87. The summed E-state index contributed by atoms with van der Waals surface area (Å²) in [5, 5.41) is 0. The molecule has 1 aromatic heterocycles. The highest BCUT2D eigenvalue weighted by molar-refractivity contribution is 9.10. The molecule has 2 heterocycles. The van der Waals surface area contributed by atoms with Crippen molar-refractivity contribution in [2.75, 3.05) is 0 Å². The first-order chi connectivity index (χ1) is 11.8. The zero-order chi connectivity index (χ0) is 18.0. The third-order valence-electron chi connectivity index (χ3n) is 3.44. The molecule has 0 saturated carbocycles. The molecule has 0 saturated heterocycles. The maximum absolute atomic E-state index is 12.3. The molecule has 0 radical (unpaired) electrons. The summed E-state index contributed by atoms with van der Waals surface area (Å²) in [7, 11) is 0. The summed E-state index contributed by atoms with van der Waals surface area (Å²) in [4.78, 5) is 22.2. The number of nitrogens with one attached hydrogen (secondary N) is 1. The van der Waals surface area contributed by atoms with E-state index in [9.17, 15) is 4.79 Å². The Hall–Kier alpha value is -2.18. The summed E-state index contributed by atoms with van der Waals surface area (Å²) in [6.07, 6.45) is 3.38. The van der Waals surface area contributed by atoms with Crippen LogP contribution in [0.1, 0.15) is 48.5 Å². The van der Waals surface area contributed by atoms with Gasteiger partial charge in [0.2, 0.25) is 0 Å². The molecule has 1 unspecified atom stereocenters. The first-order valence-electron chi connectivity index (χ1n) is 7.90. The highest BCUT2D eigenvalue weighted by Crippen LogP contribution is 2.29. The van der Waals surface area contributed by atoms with Crippen LogP contribution in [0, 0.1) is 0 Å². The molecule has 1 aromatic carbocycles. The topological polar surface area (TPSA) is 60.5 Å². The van der Waals surface area contributed by atoms with Crippen LogP contribution in [0.25, 0.3) is 5.70 Å². The van der Waals surface area contributed by atoms with Crippen molar-refractivity contribution in [2.24, 2.45) is 0 Å². The number of carbonyl (C=O) groups is 1. The number of ether oxygens (including phenoxy) is 1. The second-order valence-electron chi connectivity index (χ2n) is 6.71. The van der Waals surface area contributed by atoms with Crippen LogP contribution in [0.2, 0.25) is 0 Å². The van der Waals surface area contributed by atoms with E-state index in [1.165, 1.54) is 0 Å². The second kappa shape index (κ2) is 6.98. The molecule has 2 aromatic rings.